The van der Waals surface area contributed by atoms with Gasteiger partial charge in [-0.1, -0.05) is 12.1 Å². The number of anilines is 1. The molecule has 1 aliphatic heterocycles. The van der Waals surface area contributed by atoms with E-state index in [0.717, 1.165) is 44.2 Å². The van der Waals surface area contributed by atoms with Crippen molar-refractivity contribution in [1.29, 1.82) is 0 Å². The first kappa shape index (κ1) is 21.9. The van der Waals surface area contributed by atoms with Crippen molar-refractivity contribution in [2.24, 2.45) is 0 Å². The summed E-state index contributed by atoms with van der Waals surface area (Å²) in [4.78, 5) is 24.6. The molecule has 2 aromatic heterocycles. The van der Waals surface area contributed by atoms with Crippen LogP contribution in [0.4, 0.5) is 11.5 Å². The molecule has 0 amide bonds. The highest BCUT2D eigenvalue weighted by Gasteiger charge is 2.21. The molecule has 9 heteroatoms. The minimum atomic E-state index is -0.398. The summed E-state index contributed by atoms with van der Waals surface area (Å²) < 4.78 is 2.01. The molecule has 0 atom stereocenters. The molecular formula is C23H29N7O2. The summed E-state index contributed by atoms with van der Waals surface area (Å²) in [7, 11) is 0. The lowest BCUT2D eigenvalue weighted by Crippen LogP contribution is -2.46. The van der Waals surface area contributed by atoms with Crippen LogP contribution in [0.1, 0.15) is 32.0 Å². The minimum Gasteiger partial charge on any atom is -0.354 e. The Hall–Kier alpha value is -3.33. The first-order chi connectivity index (χ1) is 15.2. The number of piperazine rings is 1. The molecule has 0 aliphatic carbocycles. The summed E-state index contributed by atoms with van der Waals surface area (Å²) in [5.41, 5.74) is 2.74. The van der Waals surface area contributed by atoms with Gasteiger partial charge in [-0.05, 0) is 27.7 Å². The number of hydrogen-bond acceptors (Lipinski definition) is 7. The van der Waals surface area contributed by atoms with Crippen LogP contribution in [0.5, 0.6) is 0 Å². The van der Waals surface area contributed by atoms with Crippen LogP contribution in [0.15, 0.2) is 42.7 Å². The molecule has 1 fully saturated rings. The van der Waals surface area contributed by atoms with Gasteiger partial charge in [0.25, 0.3) is 5.69 Å². The van der Waals surface area contributed by atoms with Gasteiger partial charge in [-0.15, -0.1) is 0 Å². The number of aromatic nitrogens is 4. The van der Waals surface area contributed by atoms with E-state index in [4.69, 9.17) is 4.98 Å². The van der Waals surface area contributed by atoms with Crippen molar-refractivity contribution in [3.8, 4) is 11.4 Å². The van der Waals surface area contributed by atoms with Gasteiger partial charge in [0.05, 0.1) is 16.7 Å². The SMILES string of the molecule is Cc1cc(N2CCN(Cc3cnn(C(C)(C)C)c3)CC2)nc(-c2cccc([N+](=O)[O-])c2)n1. The molecule has 0 radical (unpaired) electrons. The van der Waals surface area contributed by atoms with E-state index in [9.17, 15) is 10.1 Å². The standard InChI is InChI=1S/C23H29N7O2/c1-17-12-21(26-22(25-17)19-6-5-7-20(13-19)30(31)32)28-10-8-27(9-11-28)15-18-14-24-29(16-18)23(2,3)4/h5-7,12-14,16H,8-11,15H2,1-4H3. The molecule has 32 heavy (non-hydrogen) atoms. The minimum absolute atomic E-state index is 0.0152. The van der Waals surface area contributed by atoms with Crippen LogP contribution in [0.2, 0.25) is 0 Å². The smallest absolute Gasteiger partial charge is 0.270 e. The Kier molecular flexibility index (Phi) is 5.92. The van der Waals surface area contributed by atoms with Gasteiger partial charge in [0.15, 0.2) is 5.82 Å². The Morgan fingerprint density at radius 3 is 2.50 bits per heavy atom. The summed E-state index contributed by atoms with van der Waals surface area (Å²) in [6.45, 7) is 12.8. The molecule has 9 nitrogen and oxygen atoms in total. The Balaban J connectivity index is 1.44. The summed E-state index contributed by atoms with van der Waals surface area (Å²) in [6, 6.07) is 8.45. The molecule has 0 bridgehead atoms. The van der Waals surface area contributed by atoms with E-state index in [-0.39, 0.29) is 11.2 Å². The van der Waals surface area contributed by atoms with Crippen molar-refractivity contribution >= 4 is 11.5 Å². The van der Waals surface area contributed by atoms with Crippen molar-refractivity contribution < 1.29 is 4.92 Å². The Bertz CT molecular complexity index is 1110. The third-order valence-corrected chi connectivity index (χ3v) is 5.58. The largest absolute Gasteiger partial charge is 0.354 e. The van der Waals surface area contributed by atoms with Crippen LogP contribution in [0.25, 0.3) is 11.4 Å². The predicted molar refractivity (Wildman–Crippen MR) is 124 cm³/mol. The first-order valence-electron chi connectivity index (χ1n) is 10.8. The molecule has 0 saturated carbocycles. The van der Waals surface area contributed by atoms with Gasteiger partial charge in [-0.25, -0.2) is 9.97 Å². The summed E-state index contributed by atoms with van der Waals surface area (Å²) in [5, 5.41) is 15.6. The maximum atomic E-state index is 11.1. The van der Waals surface area contributed by atoms with Crippen molar-refractivity contribution in [2.75, 3.05) is 31.1 Å². The van der Waals surface area contributed by atoms with Crippen LogP contribution in [0, 0.1) is 17.0 Å². The number of nitro groups is 1. The fraction of sp³-hybridized carbons (Fsp3) is 0.435. The van der Waals surface area contributed by atoms with E-state index in [1.807, 2.05) is 23.9 Å². The molecule has 3 heterocycles. The van der Waals surface area contributed by atoms with Crippen LogP contribution in [-0.2, 0) is 12.1 Å². The summed E-state index contributed by atoms with van der Waals surface area (Å²) in [6.07, 6.45) is 4.09. The van der Waals surface area contributed by atoms with Crippen molar-refractivity contribution in [3.63, 3.8) is 0 Å². The second kappa shape index (κ2) is 8.66. The molecular weight excluding hydrogens is 406 g/mol. The second-order valence-corrected chi connectivity index (χ2v) is 9.23. The molecule has 0 unspecified atom stereocenters. The Morgan fingerprint density at radius 1 is 1.09 bits per heavy atom. The predicted octanol–water partition coefficient (Wildman–Crippen LogP) is 3.63. The zero-order valence-electron chi connectivity index (χ0n) is 19.0. The van der Waals surface area contributed by atoms with Gasteiger partial charge in [0.1, 0.15) is 5.82 Å². The zero-order chi connectivity index (χ0) is 22.9. The number of non-ortho nitro benzene ring substituents is 1. The lowest BCUT2D eigenvalue weighted by Gasteiger charge is -2.35. The van der Waals surface area contributed by atoms with Gasteiger partial charge < -0.3 is 4.90 Å². The van der Waals surface area contributed by atoms with Crippen molar-refractivity contribution in [2.45, 2.75) is 39.8 Å². The maximum absolute atomic E-state index is 11.1. The topological polar surface area (TPSA) is 93.2 Å². The van der Waals surface area contributed by atoms with Gasteiger partial charge in [-0.3, -0.25) is 19.7 Å². The lowest BCUT2D eigenvalue weighted by molar-refractivity contribution is -0.384. The molecule has 1 aliphatic rings. The van der Waals surface area contributed by atoms with E-state index >= 15 is 0 Å². The van der Waals surface area contributed by atoms with E-state index in [0.29, 0.717) is 11.4 Å². The van der Waals surface area contributed by atoms with Crippen LogP contribution < -0.4 is 4.90 Å². The third-order valence-electron chi connectivity index (χ3n) is 5.58. The number of rotatable bonds is 5. The maximum Gasteiger partial charge on any atom is 0.270 e. The normalized spacial score (nSPS) is 15.2. The molecule has 168 valence electrons. The van der Waals surface area contributed by atoms with Crippen LogP contribution in [-0.4, -0.2) is 55.8 Å². The zero-order valence-corrected chi connectivity index (χ0v) is 19.0. The number of aryl methyl sites for hydroxylation is 1. The van der Waals surface area contributed by atoms with Crippen molar-refractivity contribution in [1.82, 2.24) is 24.6 Å². The second-order valence-electron chi connectivity index (χ2n) is 9.23. The average molecular weight is 436 g/mol. The van der Waals surface area contributed by atoms with Gasteiger partial charge >= 0.3 is 0 Å². The number of benzene rings is 1. The first-order valence-corrected chi connectivity index (χ1v) is 10.8. The average Bonchev–Trinajstić information content (AvgIpc) is 3.23. The quantitative estimate of drug-likeness (QED) is 0.446. The molecule has 1 aromatic carbocycles. The van der Waals surface area contributed by atoms with E-state index in [1.54, 1.807) is 12.1 Å². The Labute approximate surface area is 187 Å². The Morgan fingerprint density at radius 2 is 1.84 bits per heavy atom. The van der Waals surface area contributed by atoms with Gasteiger partial charge in [-0.2, -0.15) is 5.10 Å². The molecule has 0 spiro atoms. The fourth-order valence-electron chi connectivity index (χ4n) is 3.80. The molecule has 1 saturated heterocycles. The highest BCUT2D eigenvalue weighted by atomic mass is 16.6. The van der Waals surface area contributed by atoms with Gasteiger partial charge in [0.2, 0.25) is 0 Å². The highest BCUT2D eigenvalue weighted by molar-refractivity contribution is 5.61. The number of nitro benzene ring substituents is 1. The monoisotopic (exact) mass is 435 g/mol. The van der Waals surface area contributed by atoms with E-state index in [1.165, 1.54) is 17.7 Å². The fourth-order valence-corrected chi connectivity index (χ4v) is 3.80. The van der Waals surface area contributed by atoms with Crippen molar-refractivity contribution in [3.05, 3.63) is 64.1 Å². The molecule has 3 aromatic rings. The van der Waals surface area contributed by atoms with Gasteiger partial charge in [0, 0.05) is 73.9 Å². The third kappa shape index (κ3) is 4.94. The van der Waals surface area contributed by atoms with Crippen LogP contribution >= 0.6 is 0 Å². The summed E-state index contributed by atoms with van der Waals surface area (Å²) >= 11 is 0. The summed E-state index contributed by atoms with van der Waals surface area (Å²) in [5.74, 6) is 1.37. The highest BCUT2D eigenvalue weighted by Crippen LogP contribution is 2.24. The molecule has 4 rings (SSSR count). The number of nitrogens with zero attached hydrogens (tertiary/aromatic N) is 7. The number of hydrogen-bond donors (Lipinski definition) is 0. The van der Waals surface area contributed by atoms with E-state index < -0.39 is 4.92 Å². The molecule has 0 N–H and O–H groups in total. The van der Waals surface area contributed by atoms with E-state index in [2.05, 4.69) is 46.9 Å². The van der Waals surface area contributed by atoms with Crippen LogP contribution in [0.3, 0.4) is 0 Å². The lowest BCUT2D eigenvalue weighted by atomic mass is 10.1.